The maximum Gasteiger partial charge on any atom is 0.416 e. The predicted molar refractivity (Wildman–Crippen MR) is 126 cm³/mol. The number of carbonyl (C=O) groups excluding carboxylic acids is 2. The van der Waals surface area contributed by atoms with Crippen molar-refractivity contribution in [2.45, 2.75) is 6.18 Å². The molecule has 3 aromatic rings. The van der Waals surface area contributed by atoms with Crippen LogP contribution in [0.4, 0.5) is 24.5 Å². The molecule has 36 heavy (non-hydrogen) atoms. The molecule has 0 aliphatic carbocycles. The summed E-state index contributed by atoms with van der Waals surface area (Å²) in [6.07, 6.45) is -1.13. The molecule has 0 fully saturated rings. The minimum atomic E-state index is -4.64. The first kappa shape index (κ1) is 25.8. The number of anilines is 1. The molecule has 0 saturated carbocycles. The highest BCUT2D eigenvalue weighted by Gasteiger charge is 2.31. The van der Waals surface area contributed by atoms with E-state index < -0.39 is 35.1 Å². The van der Waals surface area contributed by atoms with Crippen LogP contribution in [0.2, 0.25) is 0 Å². The van der Waals surface area contributed by atoms with Gasteiger partial charge in [0.25, 0.3) is 11.6 Å². The van der Waals surface area contributed by atoms with Gasteiger partial charge in [-0.2, -0.15) is 23.3 Å². The van der Waals surface area contributed by atoms with Crippen LogP contribution in [0.5, 0.6) is 0 Å². The fourth-order valence-corrected chi connectivity index (χ4v) is 2.90. The van der Waals surface area contributed by atoms with Crippen LogP contribution in [-0.4, -0.2) is 29.6 Å². The third kappa shape index (κ3) is 7.35. The predicted octanol–water partition coefficient (Wildman–Crippen LogP) is 5.24. The molecule has 0 unspecified atom stereocenters. The molecule has 0 aromatic heterocycles. The monoisotopic (exact) mass is 497 g/mol. The van der Waals surface area contributed by atoms with Gasteiger partial charge in [-0.25, -0.2) is 4.79 Å². The van der Waals surface area contributed by atoms with Gasteiger partial charge in [0.15, 0.2) is 6.61 Å². The lowest BCUT2D eigenvalue weighted by Gasteiger charge is -2.18. The number of carbonyl (C=O) groups is 2. The zero-order chi connectivity index (χ0) is 26.1. The number of ether oxygens (including phenoxy) is 1. The van der Waals surface area contributed by atoms with Crippen LogP contribution in [-0.2, 0) is 20.5 Å². The van der Waals surface area contributed by atoms with Gasteiger partial charge in [0, 0.05) is 18.2 Å². The summed E-state index contributed by atoms with van der Waals surface area (Å²) in [5, 5.41) is 15.6. The Hall–Kier alpha value is -4.80. The first-order chi connectivity index (χ1) is 17.1. The van der Waals surface area contributed by atoms with Crippen LogP contribution >= 0.6 is 0 Å². The number of esters is 1. The Morgan fingerprint density at radius 3 is 2.36 bits per heavy atom. The summed E-state index contributed by atoms with van der Waals surface area (Å²) in [7, 11) is 0. The molecule has 184 valence electrons. The molecule has 0 atom stereocenters. The van der Waals surface area contributed by atoms with E-state index in [1.54, 1.807) is 30.3 Å². The van der Waals surface area contributed by atoms with Gasteiger partial charge in [-0.3, -0.25) is 14.9 Å². The first-order valence-electron chi connectivity index (χ1n) is 10.3. The standard InChI is InChI=1S/C25H18F3N3O5/c26-25(27,28)20-9-5-10-21(15-20)30(29-16-19-6-2-1-3-7-19)23(32)17-36-24(33)13-12-18-8-4-11-22(14-18)31(34)35/h1-16H,17H2/b13-12+,29-16-. The lowest BCUT2D eigenvalue weighted by molar-refractivity contribution is -0.384. The molecule has 0 aliphatic heterocycles. The zero-order valence-corrected chi connectivity index (χ0v) is 18.5. The number of non-ortho nitro benzene ring substituents is 1. The van der Waals surface area contributed by atoms with E-state index >= 15 is 0 Å². The second-order valence-electron chi connectivity index (χ2n) is 7.20. The topological polar surface area (TPSA) is 102 Å². The fourth-order valence-electron chi connectivity index (χ4n) is 2.90. The fraction of sp³-hybridized carbons (Fsp3) is 0.0800. The van der Waals surface area contributed by atoms with Crippen molar-refractivity contribution in [2.24, 2.45) is 5.10 Å². The Bertz CT molecular complexity index is 1310. The van der Waals surface area contributed by atoms with Gasteiger partial charge in [-0.15, -0.1) is 0 Å². The van der Waals surface area contributed by atoms with Crippen molar-refractivity contribution in [3.63, 3.8) is 0 Å². The molecular weight excluding hydrogens is 479 g/mol. The number of nitrogens with zero attached hydrogens (tertiary/aromatic N) is 3. The number of amides is 1. The summed E-state index contributed by atoms with van der Waals surface area (Å²) in [4.78, 5) is 35.1. The summed E-state index contributed by atoms with van der Waals surface area (Å²) in [6, 6.07) is 18.0. The van der Waals surface area contributed by atoms with Crippen LogP contribution < -0.4 is 5.01 Å². The van der Waals surface area contributed by atoms with Gasteiger partial charge in [0.1, 0.15) is 0 Å². The van der Waals surface area contributed by atoms with Crippen molar-refractivity contribution < 1.29 is 32.4 Å². The van der Waals surface area contributed by atoms with Gasteiger partial charge in [0.2, 0.25) is 0 Å². The number of benzene rings is 3. The average Bonchev–Trinajstić information content (AvgIpc) is 2.87. The molecule has 0 bridgehead atoms. The highest BCUT2D eigenvalue weighted by molar-refractivity contribution is 5.97. The second kappa shape index (κ2) is 11.6. The molecular formula is C25H18F3N3O5. The van der Waals surface area contributed by atoms with E-state index in [0.29, 0.717) is 16.1 Å². The first-order valence-corrected chi connectivity index (χ1v) is 10.3. The SMILES string of the molecule is O=C(/C=C/c1cccc([N+](=O)[O-])c1)OCC(=O)N(/N=C\c1ccccc1)c1cccc(C(F)(F)F)c1. The molecule has 11 heteroatoms. The van der Waals surface area contributed by atoms with E-state index in [0.717, 1.165) is 24.3 Å². The van der Waals surface area contributed by atoms with Crippen LogP contribution in [0, 0.1) is 10.1 Å². The number of rotatable bonds is 8. The number of hydrazone groups is 1. The number of hydrogen-bond donors (Lipinski definition) is 0. The van der Waals surface area contributed by atoms with E-state index in [4.69, 9.17) is 4.74 Å². The number of alkyl halides is 3. The van der Waals surface area contributed by atoms with E-state index in [-0.39, 0.29) is 11.4 Å². The average molecular weight is 497 g/mol. The van der Waals surface area contributed by atoms with Gasteiger partial charge < -0.3 is 4.74 Å². The third-order valence-corrected chi connectivity index (χ3v) is 4.61. The largest absolute Gasteiger partial charge is 0.452 e. The maximum atomic E-state index is 13.2. The maximum absolute atomic E-state index is 13.2. The van der Waals surface area contributed by atoms with E-state index in [1.165, 1.54) is 42.6 Å². The molecule has 0 heterocycles. The second-order valence-corrected chi connectivity index (χ2v) is 7.20. The molecule has 3 rings (SSSR count). The summed E-state index contributed by atoms with van der Waals surface area (Å²) in [5.41, 5.74) is -0.395. The molecule has 8 nitrogen and oxygen atoms in total. The molecule has 0 aliphatic rings. The smallest absolute Gasteiger partial charge is 0.416 e. The van der Waals surface area contributed by atoms with Gasteiger partial charge in [-0.1, -0.05) is 48.5 Å². The highest BCUT2D eigenvalue weighted by Crippen LogP contribution is 2.31. The van der Waals surface area contributed by atoms with Crippen molar-refractivity contribution in [3.8, 4) is 0 Å². The summed E-state index contributed by atoms with van der Waals surface area (Å²) >= 11 is 0. The highest BCUT2D eigenvalue weighted by atomic mass is 19.4. The van der Waals surface area contributed by atoms with E-state index in [1.807, 2.05) is 0 Å². The van der Waals surface area contributed by atoms with Crippen molar-refractivity contribution in [1.29, 1.82) is 0 Å². The Morgan fingerprint density at radius 2 is 1.67 bits per heavy atom. The Balaban J connectivity index is 1.75. The van der Waals surface area contributed by atoms with E-state index in [2.05, 4.69) is 5.10 Å². The molecule has 3 aromatic carbocycles. The van der Waals surface area contributed by atoms with Crippen LogP contribution in [0.25, 0.3) is 6.08 Å². The third-order valence-electron chi connectivity index (χ3n) is 4.61. The quantitative estimate of drug-likeness (QED) is 0.139. The normalized spacial score (nSPS) is 11.5. The molecule has 0 spiro atoms. The van der Waals surface area contributed by atoms with Crippen LogP contribution in [0.15, 0.2) is 90.0 Å². The van der Waals surface area contributed by atoms with Crippen molar-refractivity contribution in [3.05, 3.63) is 112 Å². The number of hydrogen-bond acceptors (Lipinski definition) is 6. The Morgan fingerprint density at radius 1 is 0.972 bits per heavy atom. The minimum absolute atomic E-state index is 0.172. The summed E-state index contributed by atoms with van der Waals surface area (Å²) < 4.78 is 44.4. The molecule has 1 amide bonds. The van der Waals surface area contributed by atoms with Crippen LogP contribution in [0.3, 0.4) is 0 Å². The van der Waals surface area contributed by atoms with Gasteiger partial charge in [-0.05, 0) is 35.4 Å². The van der Waals surface area contributed by atoms with Crippen molar-refractivity contribution >= 4 is 35.5 Å². The number of nitro groups is 1. The molecule has 0 radical (unpaired) electrons. The lowest BCUT2D eigenvalue weighted by Crippen LogP contribution is -2.30. The molecule has 0 saturated heterocycles. The number of nitro benzene ring substituents is 1. The summed E-state index contributed by atoms with van der Waals surface area (Å²) in [6.45, 7) is -0.819. The minimum Gasteiger partial charge on any atom is -0.452 e. The van der Waals surface area contributed by atoms with Crippen molar-refractivity contribution in [2.75, 3.05) is 11.6 Å². The zero-order valence-electron chi connectivity index (χ0n) is 18.5. The van der Waals surface area contributed by atoms with Crippen molar-refractivity contribution in [1.82, 2.24) is 0 Å². The van der Waals surface area contributed by atoms with E-state index in [9.17, 15) is 32.9 Å². The van der Waals surface area contributed by atoms with Gasteiger partial charge in [0.05, 0.1) is 22.4 Å². The van der Waals surface area contributed by atoms with Crippen LogP contribution in [0.1, 0.15) is 16.7 Å². The summed E-state index contributed by atoms with van der Waals surface area (Å²) in [5.74, 6) is -1.84. The lowest BCUT2D eigenvalue weighted by atomic mass is 10.2. The Kier molecular flexibility index (Phi) is 8.29. The Labute approximate surface area is 203 Å². The van der Waals surface area contributed by atoms with Gasteiger partial charge >= 0.3 is 12.1 Å². The number of halogens is 3. The molecule has 0 N–H and O–H groups in total.